The van der Waals surface area contributed by atoms with E-state index in [4.69, 9.17) is 0 Å². The van der Waals surface area contributed by atoms with Crippen molar-refractivity contribution in [2.75, 3.05) is 0 Å². The first-order chi connectivity index (χ1) is 12.4. The van der Waals surface area contributed by atoms with Crippen LogP contribution in [0.4, 0.5) is 0 Å². The van der Waals surface area contributed by atoms with Crippen LogP contribution in [-0.4, -0.2) is 29.4 Å². The fourth-order valence-corrected chi connectivity index (χ4v) is 3.78. The van der Waals surface area contributed by atoms with Crippen molar-refractivity contribution in [3.05, 3.63) is 0 Å². The second-order valence-corrected chi connectivity index (χ2v) is 9.71. The minimum absolute atomic E-state index is 0. The normalized spacial score (nSPS) is 13.9. The number of aliphatic hydroxyl groups is 1. The molecule has 0 rings (SSSR count). The average molecular weight is 415 g/mol. The zero-order valence-electron chi connectivity index (χ0n) is 18.3. The van der Waals surface area contributed by atoms with Crippen LogP contribution in [-0.2, 0) is 10.1 Å². The summed E-state index contributed by atoms with van der Waals surface area (Å²) in [5.74, 6) is 0. The third-order valence-electron chi connectivity index (χ3n) is 5.28. The van der Waals surface area contributed by atoms with E-state index in [9.17, 15) is 18.1 Å². The van der Waals surface area contributed by atoms with E-state index in [0.29, 0.717) is 6.42 Å². The Hall–Kier alpha value is 0.870. The summed E-state index contributed by atoms with van der Waals surface area (Å²) in [5, 5.41) is 9.24. The van der Waals surface area contributed by atoms with Crippen LogP contribution >= 0.6 is 0 Å². The number of hydrogen-bond acceptors (Lipinski definition) is 4. The monoisotopic (exact) mass is 414 g/mol. The maximum absolute atomic E-state index is 10.8. The van der Waals surface area contributed by atoms with Gasteiger partial charge in [-0.25, -0.2) is 8.42 Å². The van der Waals surface area contributed by atoms with Gasteiger partial charge < -0.3 is 9.66 Å². The van der Waals surface area contributed by atoms with Gasteiger partial charge in [0.25, 0.3) is 0 Å². The molecule has 0 aromatic rings. The minimum atomic E-state index is -4.10. The Morgan fingerprint density at radius 2 is 1.04 bits per heavy atom. The Kier molecular flexibility index (Phi) is 22.4. The second-order valence-electron chi connectivity index (χ2n) is 7.92. The average Bonchev–Trinajstić information content (AvgIpc) is 2.58. The van der Waals surface area contributed by atoms with E-state index in [2.05, 4.69) is 6.92 Å². The molecule has 0 aromatic carbocycles. The first-order valence-electron chi connectivity index (χ1n) is 11.0. The Bertz CT molecular complexity index is 401. The SMILES string of the molecule is CCCCCCCCC(O)CCCCCCCCCCC(C)S(=O)(=O)[O-].[Na+]. The van der Waals surface area contributed by atoms with Crippen LogP contribution < -0.4 is 29.6 Å². The summed E-state index contributed by atoms with van der Waals surface area (Å²) in [6.07, 6.45) is 18.9. The van der Waals surface area contributed by atoms with Crippen LogP contribution in [0.5, 0.6) is 0 Å². The molecule has 158 valence electrons. The molecule has 2 unspecified atom stereocenters. The molecule has 2 atom stereocenters. The number of aliphatic hydroxyl groups excluding tert-OH is 1. The summed E-state index contributed by atoms with van der Waals surface area (Å²) in [7, 11) is -4.10. The molecule has 0 amide bonds. The zero-order chi connectivity index (χ0) is 19.7. The molecule has 0 saturated heterocycles. The van der Waals surface area contributed by atoms with Gasteiger partial charge in [0.1, 0.15) is 0 Å². The van der Waals surface area contributed by atoms with Gasteiger partial charge in [-0.3, -0.25) is 0 Å². The molecule has 0 saturated carbocycles. The van der Waals surface area contributed by atoms with Crippen molar-refractivity contribution in [3.63, 3.8) is 0 Å². The summed E-state index contributed by atoms with van der Waals surface area (Å²) in [6, 6.07) is 0. The third kappa shape index (κ3) is 21.4. The van der Waals surface area contributed by atoms with Crippen LogP contribution in [0.2, 0.25) is 0 Å². The van der Waals surface area contributed by atoms with E-state index >= 15 is 0 Å². The summed E-state index contributed by atoms with van der Waals surface area (Å²) in [5.41, 5.74) is 0. The number of rotatable bonds is 19. The van der Waals surface area contributed by atoms with E-state index in [-0.39, 0.29) is 35.7 Å². The number of hydrogen-bond donors (Lipinski definition) is 1. The molecule has 1 N–H and O–H groups in total. The predicted molar refractivity (Wildman–Crippen MR) is 109 cm³/mol. The molecule has 0 heterocycles. The Morgan fingerprint density at radius 1 is 0.704 bits per heavy atom. The van der Waals surface area contributed by atoms with Crippen molar-refractivity contribution in [1.82, 2.24) is 0 Å². The molecule has 6 heteroatoms. The summed E-state index contributed by atoms with van der Waals surface area (Å²) < 4.78 is 32.4. The summed E-state index contributed by atoms with van der Waals surface area (Å²) >= 11 is 0. The van der Waals surface area contributed by atoms with E-state index in [0.717, 1.165) is 44.9 Å². The summed E-state index contributed by atoms with van der Waals surface area (Å²) in [4.78, 5) is 0. The van der Waals surface area contributed by atoms with E-state index in [1.807, 2.05) is 0 Å². The Labute approximate surface area is 191 Å². The summed E-state index contributed by atoms with van der Waals surface area (Å²) in [6.45, 7) is 3.74. The van der Waals surface area contributed by atoms with Gasteiger partial charge in [-0.05, 0) is 26.2 Å². The maximum atomic E-state index is 10.8. The molecule has 0 aliphatic carbocycles. The molecule has 0 bridgehead atoms. The number of unbranched alkanes of at least 4 members (excludes halogenated alkanes) is 12. The van der Waals surface area contributed by atoms with Gasteiger partial charge in [0.15, 0.2) is 0 Å². The quantitative estimate of drug-likeness (QED) is 0.200. The Balaban J connectivity index is 0. The molecule has 0 aliphatic heterocycles. The van der Waals surface area contributed by atoms with Gasteiger partial charge in [0, 0.05) is 5.25 Å². The molecule has 0 spiro atoms. The third-order valence-corrected chi connectivity index (χ3v) is 6.50. The van der Waals surface area contributed by atoms with Crippen molar-refractivity contribution in [2.24, 2.45) is 0 Å². The molecule has 0 aromatic heterocycles. The molecule has 0 radical (unpaired) electrons. The minimum Gasteiger partial charge on any atom is -0.748 e. The second kappa shape index (κ2) is 20.2. The standard InChI is InChI=1S/C21H44O4S.Na/c1-3-4-5-6-12-15-18-21(22)19-16-13-10-8-7-9-11-14-17-20(2)26(23,24)25;/h20-22H,3-19H2,1-2H3,(H,23,24,25);/q;+1/p-1. The molecule has 0 aliphatic rings. The van der Waals surface area contributed by atoms with Crippen molar-refractivity contribution in [3.8, 4) is 0 Å². The van der Waals surface area contributed by atoms with Crippen molar-refractivity contribution < 1.29 is 47.6 Å². The van der Waals surface area contributed by atoms with Crippen LogP contribution in [0, 0.1) is 0 Å². The maximum Gasteiger partial charge on any atom is 1.00 e. The van der Waals surface area contributed by atoms with E-state index in [1.54, 1.807) is 0 Å². The van der Waals surface area contributed by atoms with Gasteiger partial charge >= 0.3 is 29.6 Å². The van der Waals surface area contributed by atoms with Gasteiger partial charge in [-0.15, -0.1) is 0 Å². The van der Waals surface area contributed by atoms with Crippen molar-refractivity contribution in [1.29, 1.82) is 0 Å². The smallest absolute Gasteiger partial charge is 0.748 e. The van der Waals surface area contributed by atoms with Gasteiger partial charge in [-0.2, -0.15) is 0 Å². The molecular weight excluding hydrogens is 371 g/mol. The molecule has 0 fully saturated rings. The topological polar surface area (TPSA) is 77.4 Å². The van der Waals surface area contributed by atoms with Gasteiger partial charge in [0.2, 0.25) is 0 Å². The van der Waals surface area contributed by atoms with Crippen LogP contribution in [0.15, 0.2) is 0 Å². The molecular formula is C21H43NaO4S. The van der Waals surface area contributed by atoms with E-state index < -0.39 is 15.4 Å². The van der Waals surface area contributed by atoms with Gasteiger partial charge in [0.05, 0.1) is 16.2 Å². The Morgan fingerprint density at radius 3 is 1.41 bits per heavy atom. The van der Waals surface area contributed by atoms with Crippen LogP contribution in [0.25, 0.3) is 0 Å². The van der Waals surface area contributed by atoms with Crippen molar-refractivity contribution >= 4 is 10.1 Å². The largest absolute Gasteiger partial charge is 1.00 e. The van der Waals surface area contributed by atoms with Crippen LogP contribution in [0.1, 0.15) is 123 Å². The first-order valence-corrected chi connectivity index (χ1v) is 12.5. The molecule has 4 nitrogen and oxygen atoms in total. The molecule has 27 heavy (non-hydrogen) atoms. The first kappa shape index (κ1) is 30.1. The van der Waals surface area contributed by atoms with E-state index in [1.165, 1.54) is 64.7 Å². The fourth-order valence-electron chi connectivity index (χ4n) is 3.32. The van der Waals surface area contributed by atoms with Gasteiger partial charge in [-0.1, -0.05) is 96.8 Å². The predicted octanol–water partition coefficient (Wildman–Crippen LogP) is 2.94. The fraction of sp³-hybridized carbons (Fsp3) is 1.00. The van der Waals surface area contributed by atoms with Crippen molar-refractivity contribution in [2.45, 2.75) is 134 Å². The van der Waals surface area contributed by atoms with Crippen LogP contribution in [0.3, 0.4) is 0 Å². The zero-order valence-corrected chi connectivity index (χ0v) is 21.1.